The van der Waals surface area contributed by atoms with Crippen molar-refractivity contribution in [3.8, 4) is 5.75 Å². The Morgan fingerprint density at radius 3 is 2.43 bits per heavy atom. The molecule has 4 heteroatoms. The van der Waals surface area contributed by atoms with Gasteiger partial charge in [-0.2, -0.15) is 0 Å². The summed E-state index contributed by atoms with van der Waals surface area (Å²) in [7, 11) is 1.47. The molecule has 0 spiro atoms. The van der Waals surface area contributed by atoms with E-state index in [0.717, 1.165) is 5.56 Å². The highest BCUT2D eigenvalue weighted by Gasteiger charge is 2.17. The molecule has 0 fully saturated rings. The van der Waals surface area contributed by atoms with E-state index in [1.165, 1.54) is 7.11 Å². The van der Waals surface area contributed by atoms with Crippen molar-refractivity contribution in [1.82, 2.24) is 0 Å². The van der Waals surface area contributed by atoms with E-state index >= 15 is 0 Å². The number of carboxylic acids is 1. The summed E-state index contributed by atoms with van der Waals surface area (Å²) < 4.78 is 5.03. The standard InChI is InChI=1S/C10H13NO3/c1-5-4-6(2)9(14-3)8(11)7(5)10(12)13/h4H,11H2,1-3H3,(H,12,13). The smallest absolute Gasteiger partial charge is 0.338 e. The average molecular weight is 195 g/mol. The molecular formula is C10H13NO3. The van der Waals surface area contributed by atoms with Gasteiger partial charge in [-0.1, -0.05) is 6.07 Å². The van der Waals surface area contributed by atoms with Crippen molar-refractivity contribution in [1.29, 1.82) is 0 Å². The normalized spacial score (nSPS) is 9.93. The molecule has 0 bridgehead atoms. The molecule has 0 saturated carbocycles. The molecule has 3 N–H and O–H groups in total. The molecule has 0 aliphatic carbocycles. The van der Waals surface area contributed by atoms with Gasteiger partial charge in [0, 0.05) is 0 Å². The highest BCUT2D eigenvalue weighted by Crippen LogP contribution is 2.31. The van der Waals surface area contributed by atoms with Crippen molar-refractivity contribution >= 4 is 11.7 Å². The number of rotatable bonds is 2. The van der Waals surface area contributed by atoms with E-state index in [0.29, 0.717) is 11.3 Å². The van der Waals surface area contributed by atoms with Gasteiger partial charge in [-0.3, -0.25) is 0 Å². The second-order valence-electron chi connectivity index (χ2n) is 3.14. The minimum Gasteiger partial charge on any atom is -0.494 e. The number of methoxy groups -OCH3 is 1. The van der Waals surface area contributed by atoms with Crippen LogP contribution >= 0.6 is 0 Å². The molecule has 0 amide bonds. The van der Waals surface area contributed by atoms with Gasteiger partial charge in [0.2, 0.25) is 0 Å². The monoisotopic (exact) mass is 195 g/mol. The molecule has 1 rings (SSSR count). The summed E-state index contributed by atoms with van der Waals surface area (Å²) in [6.07, 6.45) is 0. The number of ether oxygens (including phenoxy) is 1. The van der Waals surface area contributed by atoms with Crippen LogP contribution in [0.2, 0.25) is 0 Å². The van der Waals surface area contributed by atoms with Crippen LogP contribution in [0.4, 0.5) is 5.69 Å². The predicted octanol–water partition coefficient (Wildman–Crippen LogP) is 1.59. The minimum absolute atomic E-state index is 0.118. The van der Waals surface area contributed by atoms with E-state index in [1.807, 2.05) is 6.92 Å². The lowest BCUT2D eigenvalue weighted by atomic mass is 10.0. The molecule has 0 aliphatic heterocycles. The third-order valence-electron chi connectivity index (χ3n) is 2.12. The van der Waals surface area contributed by atoms with Crippen LogP contribution < -0.4 is 10.5 Å². The third kappa shape index (κ3) is 1.51. The Morgan fingerprint density at radius 2 is 2.00 bits per heavy atom. The Labute approximate surface area is 82.3 Å². The zero-order valence-electron chi connectivity index (χ0n) is 8.42. The quantitative estimate of drug-likeness (QED) is 0.703. The Bertz CT molecular complexity index is 385. The highest BCUT2D eigenvalue weighted by molar-refractivity contribution is 5.97. The molecule has 1 aromatic rings. The number of carboxylic acid groups (broad SMARTS) is 1. The molecule has 0 radical (unpaired) electrons. The Balaban J connectivity index is 3.52. The fourth-order valence-electron chi connectivity index (χ4n) is 1.56. The Kier molecular flexibility index (Phi) is 2.65. The van der Waals surface area contributed by atoms with E-state index in [2.05, 4.69) is 0 Å². The second kappa shape index (κ2) is 3.57. The molecule has 0 aliphatic rings. The number of aromatic carboxylic acids is 1. The third-order valence-corrected chi connectivity index (χ3v) is 2.12. The van der Waals surface area contributed by atoms with Crippen LogP contribution in [0, 0.1) is 13.8 Å². The highest BCUT2D eigenvalue weighted by atomic mass is 16.5. The topological polar surface area (TPSA) is 72.5 Å². The van der Waals surface area contributed by atoms with Crippen molar-refractivity contribution in [2.24, 2.45) is 0 Å². The summed E-state index contributed by atoms with van der Waals surface area (Å²) in [5.41, 5.74) is 7.49. The van der Waals surface area contributed by atoms with Crippen LogP contribution in [-0.4, -0.2) is 18.2 Å². The van der Waals surface area contributed by atoms with Crippen molar-refractivity contribution in [2.45, 2.75) is 13.8 Å². The van der Waals surface area contributed by atoms with Gasteiger partial charge < -0.3 is 15.6 Å². The van der Waals surface area contributed by atoms with Crippen LogP contribution in [-0.2, 0) is 0 Å². The fourth-order valence-corrected chi connectivity index (χ4v) is 1.56. The maximum atomic E-state index is 10.9. The predicted molar refractivity (Wildman–Crippen MR) is 53.8 cm³/mol. The van der Waals surface area contributed by atoms with Crippen molar-refractivity contribution in [3.05, 3.63) is 22.8 Å². The zero-order valence-corrected chi connectivity index (χ0v) is 8.42. The van der Waals surface area contributed by atoms with Gasteiger partial charge in [0.05, 0.1) is 18.4 Å². The molecule has 76 valence electrons. The lowest BCUT2D eigenvalue weighted by molar-refractivity contribution is 0.0697. The van der Waals surface area contributed by atoms with E-state index in [9.17, 15) is 4.79 Å². The molecule has 0 unspecified atom stereocenters. The van der Waals surface area contributed by atoms with E-state index in [4.69, 9.17) is 15.6 Å². The molecule has 0 saturated heterocycles. The van der Waals surface area contributed by atoms with Crippen LogP contribution in [0.15, 0.2) is 6.07 Å². The SMILES string of the molecule is COc1c(C)cc(C)c(C(=O)O)c1N. The number of nitrogen functional groups attached to an aromatic ring is 1. The van der Waals surface area contributed by atoms with Gasteiger partial charge in [-0.05, 0) is 25.0 Å². The maximum Gasteiger partial charge on any atom is 0.338 e. The van der Waals surface area contributed by atoms with Crippen LogP contribution in [0.25, 0.3) is 0 Å². The molecule has 0 atom stereocenters. The zero-order chi connectivity index (χ0) is 10.9. The van der Waals surface area contributed by atoms with E-state index in [-0.39, 0.29) is 11.3 Å². The summed E-state index contributed by atoms with van der Waals surface area (Å²) in [4.78, 5) is 10.9. The van der Waals surface area contributed by atoms with Gasteiger partial charge in [0.25, 0.3) is 0 Å². The van der Waals surface area contributed by atoms with Crippen LogP contribution in [0.5, 0.6) is 5.75 Å². The number of hydrogen-bond acceptors (Lipinski definition) is 3. The summed E-state index contributed by atoms with van der Waals surface area (Å²) in [6, 6.07) is 1.75. The average Bonchev–Trinajstić information content (AvgIpc) is 2.02. The first-order valence-corrected chi connectivity index (χ1v) is 4.16. The maximum absolute atomic E-state index is 10.9. The summed E-state index contributed by atoms with van der Waals surface area (Å²) >= 11 is 0. The van der Waals surface area contributed by atoms with Crippen molar-refractivity contribution in [3.63, 3.8) is 0 Å². The number of anilines is 1. The van der Waals surface area contributed by atoms with Gasteiger partial charge in [0.15, 0.2) is 0 Å². The first-order valence-electron chi connectivity index (χ1n) is 4.16. The van der Waals surface area contributed by atoms with Gasteiger partial charge in [0.1, 0.15) is 5.75 Å². The minimum atomic E-state index is -1.03. The Morgan fingerprint density at radius 1 is 1.43 bits per heavy atom. The van der Waals surface area contributed by atoms with E-state index in [1.54, 1.807) is 13.0 Å². The Hall–Kier alpha value is -1.71. The number of benzene rings is 1. The number of carbonyl (C=O) groups is 1. The second-order valence-corrected chi connectivity index (χ2v) is 3.14. The molecule has 14 heavy (non-hydrogen) atoms. The molecule has 0 heterocycles. The summed E-state index contributed by atoms with van der Waals surface area (Å²) in [5, 5.41) is 8.92. The molecule has 1 aromatic carbocycles. The molecule has 4 nitrogen and oxygen atoms in total. The largest absolute Gasteiger partial charge is 0.494 e. The first-order chi connectivity index (χ1) is 6.49. The first kappa shape index (κ1) is 10.4. The van der Waals surface area contributed by atoms with Crippen LogP contribution in [0.1, 0.15) is 21.5 Å². The lowest BCUT2D eigenvalue weighted by Gasteiger charge is -2.12. The lowest BCUT2D eigenvalue weighted by Crippen LogP contribution is -2.08. The van der Waals surface area contributed by atoms with Gasteiger partial charge in [-0.25, -0.2) is 4.79 Å². The number of hydrogen-bond donors (Lipinski definition) is 2. The van der Waals surface area contributed by atoms with Crippen molar-refractivity contribution < 1.29 is 14.6 Å². The molecular weight excluding hydrogens is 182 g/mol. The number of nitrogens with two attached hydrogens (primary N) is 1. The van der Waals surface area contributed by atoms with Crippen molar-refractivity contribution in [2.75, 3.05) is 12.8 Å². The summed E-state index contributed by atoms with van der Waals surface area (Å²) in [6.45, 7) is 3.54. The fraction of sp³-hybridized carbons (Fsp3) is 0.300. The molecule has 0 aromatic heterocycles. The summed E-state index contributed by atoms with van der Waals surface area (Å²) in [5.74, 6) is -0.591. The number of aryl methyl sites for hydroxylation is 2. The van der Waals surface area contributed by atoms with Gasteiger partial charge >= 0.3 is 5.97 Å². The van der Waals surface area contributed by atoms with Crippen LogP contribution in [0.3, 0.4) is 0 Å². The van der Waals surface area contributed by atoms with E-state index < -0.39 is 5.97 Å². The van der Waals surface area contributed by atoms with Gasteiger partial charge in [-0.15, -0.1) is 0 Å².